The molecule has 7 heteroatoms. The van der Waals surface area contributed by atoms with Gasteiger partial charge in [0.1, 0.15) is 6.10 Å². The fourth-order valence-electron chi connectivity index (χ4n) is 2.54. The molecule has 2 aromatic carbocycles. The molecule has 2 N–H and O–H groups in total. The molecule has 0 aliphatic rings. The Morgan fingerprint density at radius 1 is 1.11 bits per heavy atom. The minimum absolute atomic E-state index is 0. The first-order chi connectivity index (χ1) is 13.1. The minimum atomic E-state index is -0.360. The first kappa shape index (κ1) is 24.2. The molecule has 0 radical (unpaired) electrons. The van der Waals surface area contributed by atoms with Crippen LogP contribution in [-0.4, -0.2) is 32.3 Å². The second-order valence-corrected chi connectivity index (χ2v) is 6.19. The zero-order valence-electron chi connectivity index (χ0n) is 16.6. The van der Waals surface area contributed by atoms with Gasteiger partial charge in [0.05, 0.1) is 19.7 Å². The predicted octanol–water partition coefficient (Wildman–Crippen LogP) is 4.11. The maximum atomic E-state index is 13.7. The van der Waals surface area contributed by atoms with Gasteiger partial charge in [0.25, 0.3) is 0 Å². The molecule has 28 heavy (non-hydrogen) atoms. The average Bonchev–Trinajstić information content (AvgIpc) is 2.66. The van der Waals surface area contributed by atoms with E-state index in [1.807, 2.05) is 32.0 Å². The summed E-state index contributed by atoms with van der Waals surface area (Å²) in [6, 6.07) is 14.6. The van der Waals surface area contributed by atoms with E-state index in [-0.39, 0.29) is 41.6 Å². The maximum absolute atomic E-state index is 13.7. The van der Waals surface area contributed by atoms with E-state index < -0.39 is 0 Å². The van der Waals surface area contributed by atoms with Gasteiger partial charge in [-0.3, -0.25) is 0 Å². The third-order valence-corrected chi connectivity index (χ3v) is 3.79. The van der Waals surface area contributed by atoms with Crippen LogP contribution in [0.25, 0.3) is 0 Å². The Hall–Kier alpha value is -1.87. The molecule has 1 atom stereocenters. The van der Waals surface area contributed by atoms with Crippen molar-refractivity contribution in [1.82, 2.24) is 10.6 Å². The highest BCUT2D eigenvalue weighted by molar-refractivity contribution is 14.0. The van der Waals surface area contributed by atoms with Gasteiger partial charge in [-0.05, 0) is 37.1 Å². The summed E-state index contributed by atoms with van der Waals surface area (Å²) in [6.45, 7) is 6.28. The molecular formula is C21H29FIN3O2. The van der Waals surface area contributed by atoms with Crippen LogP contribution in [0.2, 0.25) is 0 Å². The summed E-state index contributed by atoms with van der Waals surface area (Å²) in [6.07, 6.45) is -0.212. The van der Waals surface area contributed by atoms with Gasteiger partial charge in [0, 0.05) is 13.7 Å². The van der Waals surface area contributed by atoms with Gasteiger partial charge in [-0.1, -0.05) is 36.4 Å². The number of hydrogen-bond acceptors (Lipinski definition) is 3. The van der Waals surface area contributed by atoms with Gasteiger partial charge >= 0.3 is 0 Å². The average molecular weight is 501 g/mol. The Morgan fingerprint density at radius 2 is 1.86 bits per heavy atom. The molecule has 0 fully saturated rings. The van der Waals surface area contributed by atoms with E-state index in [2.05, 4.69) is 21.7 Å². The van der Waals surface area contributed by atoms with Crippen LogP contribution in [0, 0.1) is 5.82 Å². The molecule has 0 aliphatic carbocycles. The quantitative estimate of drug-likeness (QED) is 0.309. The molecule has 0 aliphatic heterocycles. The fourth-order valence-corrected chi connectivity index (χ4v) is 2.54. The summed E-state index contributed by atoms with van der Waals surface area (Å²) in [4.78, 5) is 4.61. The van der Waals surface area contributed by atoms with E-state index in [1.54, 1.807) is 25.3 Å². The molecule has 0 aromatic heterocycles. The summed E-state index contributed by atoms with van der Waals surface area (Å²) in [7, 11) is 1.68. The van der Waals surface area contributed by atoms with E-state index in [0.717, 1.165) is 17.7 Å². The van der Waals surface area contributed by atoms with Crippen molar-refractivity contribution in [3.05, 3.63) is 65.5 Å². The van der Waals surface area contributed by atoms with E-state index >= 15 is 0 Å². The van der Waals surface area contributed by atoms with Crippen LogP contribution < -0.4 is 15.4 Å². The Morgan fingerprint density at radius 3 is 2.57 bits per heavy atom. The SMILES string of the molecule is CCNC(=NCc1cccc(COC)c1)NCC(C)Oc1ccccc1F.I. The van der Waals surface area contributed by atoms with E-state index in [0.29, 0.717) is 25.7 Å². The second kappa shape index (κ2) is 13.3. The lowest BCUT2D eigenvalue weighted by molar-refractivity contribution is 0.185. The lowest BCUT2D eigenvalue weighted by Gasteiger charge is -2.18. The number of ether oxygens (including phenoxy) is 2. The smallest absolute Gasteiger partial charge is 0.191 e. The molecular weight excluding hydrogens is 472 g/mol. The Kier molecular flexibility index (Phi) is 11.5. The van der Waals surface area contributed by atoms with Crippen molar-refractivity contribution in [1.29, 1.82) is 0 Å². The molecule has 154 valence electrons. The number of nitrogens with zero attached hydrogens (tertiary/aromatic N) is 1. The molecule has 0 amide bonds. The predicted molar refractivity (Wildman–Crippen MR) is 122 cm³/mol. The highest BCUT2D eigenvalue weighted by Crippen LogP contribution is 2.16. The van der Waals surface area contributed by atoms with Crippen molar-refractivity contribution in [2.24, 2.45) is 4.99 Å². The number of aliphatic imine (C=N–C) groups is 1. The number of methoxy groups -OCH3 is 1. The summed E-state index contributed by atoms with van der Waals surface area (Å²) < 4.78 is 24.5. The van der Waals surface area contributed by atoms with Crippen molar-refractivity contribution in [2.75, 3.05) is 20.2 Å². The van der Waals surface area contributed by atoms with Crippen LogP contribution >= 0.6 is 24.0 Å². The summed E-state index contributed by atoms with van der Waals surface area (Å²) in [5, 5.41) is 6.44. The van der Waals surface area contributed by atoms with E-state index in [9.17, 15) is 4.39 Å². The van der Waals surface area contributed by atoms with E-state index in [1.165, 1.54) is 6.07 Å². The van der Waals surface area contributed by atoms with Gasteiger partial charge in [-0.2, -0.15) is 0 Å². The molecule has 1 unspecified atom stereocenters. The molecule has 0 bridgehead atoms. The van der Waals surface area contributed by atoms with Gasteiger partial charge in [0.2, 0.25) is 0 Å². The van der Waals surface area contributed by atoms with Gasteiger partial charge in [0.15, 0.2) is 17.5 Å². The highest BCUT2D eigenvalue weighted by atomic mass is 127. The Balaban J connectivity index is 0.00000392. The third kappa shape index (κ3) is 8.43. The summed E-state index contributed by atoms with van der Waals surface area (Å²) >= 11 is 0. The first-order valence-corrected chi connectivity index (χ1v) is 9.12. The largest absolute Gasteiger partial charge is 0.486 e. The monoisotopic (exact) mass is 501 g/mol. The molecule has 0 spiro atoms. The lowest BCUT2D eigenvalue weighted by atomic mass is 10.1. The molecule has 0 heterocycles. The fraction of sp³-hybridized carbons (Fsp3) is 0.381. The van der Waals surface area contributed by atoms with Gasteiger partial charge < -0.3 is 20.1 Å². The van der Waals surface area contributed by atoms with Gasteiger partial charge in [-0.25, -0.2) is 9.38 Å². The highest BCUT2D eigenvalue weighted by Gasteiger charge is 2.09. The zero-order valence-corrected chi connectivity index (χ0v) is 18.9. The number of halogens is 2. The number of nitrogens with one attached hydrogen (secondary N) is 2. The minimum Gasteiger partial charge on any atom is -0.486 e. The van der Waals surface area contributed by atoms with Crippen LogP contribution in [0.5, 0.6) is 5.75 Å². The van der Waals surface area contributed by atoms with Crippen LogP contribution in [0.1, 0.15) is 25.0 Å². The van der Waals surface area contributed by atoms with Crippen LogP contribution in [0.4, 0.5) is 4.39 Å². The van der Waals surface area contributed by atoms with Crippen LogP contribution in [0.15, 0.2) is 53.5 Å². The number of rotatable bonds is 9. The van der Waals surface area contributed by atoms with E-state index in [4.69, 9.17) is 9.47 Å². The normalized spacial score (nSPS) is 12.1. The van der Waals surface area contributed by atoms with Crippen molar-refractivity contribution < 1.29 is 13.9 Å². The summed E-state index contributed by atoms with van der Waals surface area (Å²) in [5.41, 5.74) is 2.23. The Labute approximate surface area is 183 Å². The number of guanidine groups is 1. The Bertz CT molecular complexity index is 743. The number of hydrogen-bond donors (Lipinski definition) is 2. The van der Waals surface area contributed by atoms with Crippen molar-refractivity contribution >= 4 is 29.9 Å². The molecule has 2 rings (SSSR count). The topological polar surface area (TPSA) is 54.9 Å². The first-order valence-electron chi connectivity index (χ1n) is 9.12. The number of para-hydroxylation sites is 1. The number of benzene rings is 2. The summed E-state index contributed by atoms with van der Waals surface area (Å²) in [5.74, 6) is 0.586. The lowest BCUT2D eigenvalue weighted by Crippen LogP contribution is -2.41. The second-order valence-electron chi connectivity index (χ2n) is 6.19. The third-order valence-electron chi connectivity index (χ3n) is 3.79. The molecule has 0 saturated carbocycles. The van der Waals surface area contributed by atoms with Crippen molar-refractivity contribution in [2.45, 2.75) is 33.1 Å². The van der Waals surface area contributed by atoms with Crippen LogP contribution in [0.3, 0.4) is 0 Å². The standard InChI is InChI=1S/C21H28FN3O2.HI/c1-4-23-21(25-14-17-8-7-9-18(12-17)15-26-3)24-13-16(2)27-20-11-6-5-10-19(20)22;/h5-12,16H,4,13-15H2,1-3H3,(H2,23,24,25);1H. The van der Waals surface area contributed by atoms with Gasteiger partial charge in [-0.15, -0.1) is 24.0 Å². The molecule has 0 saturated heterocycles. The molecule has 2 aromatic rings. The molecule has 5 nitrogen and oxygen atoms in total. The maximum Gasteiger partial charge on any atom is 0.191 e. The van der Waals surface area contributed by atoms with Crippen molar-refractivity contribution in [3.8, 4) is 5.75 Å². The zero-order chi connectivity index (χ0) is 19.5. The van der Waals surface area contributed by atoms with Crippen molar-refractivity contribution in [3.63, 3.8) is 0 Å². The van der Waals surface area contributed by atoms with Crippen LogP contribution in [-0.2, 0) is 17.9 Å².